The molecular weight excluding hydrogens is 284 g/mol. The molecule has 2 rings (SSSR count). The summed E-state index contributed by atoms with van der Waals surface area (Å²) < 4.78 is 0. The van der Waals surface area contributed by atoms with Gasteiger partial charge in [0.25, 0.3) is 5.56 Å². The van der Waals surface area contributed by atoms with Crippen molar-refractivity contribution in [2.75, 3.05) is 6.54 Å². The maximum atomic E-state index is 12.0. The van der Waals surface area contributed by atoms with Gasteiger partial charge in [0.05, 0.1) is 5.69 Å². The van der Waals surface area contributed by atoms with Crippen molar-refractivity contribution >= 4 is 11.8 Å². The van der Waals surface area contributed by atoms with Gasteiger partial charge in [-0.3, -0.25) is 4.79 Å². The summed E-state index contributed by atoms with van der Waals surface area (Å²) in [7, 11) is 0. The van der Waals surface area contributed by atoms with Crippen LogP contribution >= 0.6 is 11.8 Å². The number of benzene rings is 1. The lowest BCUT2D eigenvalue weighted by Crippen LogP contribution is -2.18. The highest BCUT2D eigenvalue weighted by Crippen LogP contribution is 2.24. The lowest BCUT2D eigenvalue weighted by molar-refractivity contribution is 0.902. The highest BCUT2D eigenvalue weighted by Gasteiger charge is 2.14. The molecule has 6 heteroatoms. The molecule has 108 valence electrons. The number of H-pyrrole nitrogens is 1. The first-order valence-corrected chi connectivity index (χ1v) is 7.41. The predicted octanol–water partition coefficient (Wildman–Crippen LogP) is 2.06. The minimum atomic E-state index is -0.421. The molecule has 5 nitrogen and oxygen atoms in total. The molecule has 0 aliphatic carbocycles. The van der Waals surface area contributed by atoms with Gasteiger partial charge < -0.3 is 10.7 Å². The van der Waals surface area contributed by atoms with Crippen LogP contribution in [0.1, 0.15) is 18.1 Å². The Kier molecular flexibility index (Phi) is 4.78. The highest BCUT2D eigenvalue weighted by molar-refractivity contribution is 7.99. The summed E-state index contributed by atoms with van der Waals surface area (Å²) >= 11 is 1.39. The van der Waals surface area contributed by atoms with Crippen molar-refractivity contribution in [1.82, 2.24) is 9.97 Å². The van der Waals surface area contributed by atoms with E-state index in [1.807, 2.05) is 44.2 Å². The van der Waals surface area contributed by atoms with E-state index in [1.54, 1.807) is 0 Å². The number of nitriles is 1. The summed E-state index contributed by atoms with van der Waals surface area (Å²) in [4.78, 5) is 19.1. The molecule has 1 aromatic carbocycles. The molecule has 0 aliphatic heterocycles. The van der Waals surface area contributed by atoms with Gasteiger partial charge in [-0.05, 0) is 6.92 Å². The molecule has 0 amide bonds. The average Bonchev–Trinajstić information content (AvgIpc) is 2.47. The first-order valence-electron chi connectivity index (χ1n) is 6.53. The van der Waals surface area contributed by atoms with Crippen LogP contribution in [0.25, 0.3) is 11.3 Å². The molecular formula is C15H16N4OS. The first-order chi connectivity index (χ1) is 10.0. The Balaban J connectivity index is 2.55. The van der Waals surface area contributed by atoms with Gasteiger partial charge in [0.2, 0.25) is 0 Å². The number of nitrogens with one attached hydrogen (secondary N) is 1. The predicted molar refractivity (Wildman–Crippen MR) is 84.1 cm³/mol. The molecule has 2 aromatic rings. The molecule has 1 heterocycles. The van der Waals surface area contributed by atoms with Gasteiger partial charge in [0.1, 0.15) is 11.6 Å². The fourth-order valence-electron chi connectivity index (χ4n) is 1.77. The van der Waals surface area contributed by atoms with E-state index in [0.29, 0.717) is 17.4 Å². The second-order valence-electron chi connectivity index (χ2n) is 4.74. The van der Waals surface area contributed by atoms with Gasteiger partial charge in [-0.15, -0.1) is 0 Å². The van der Waals surface area contributed by atoms with Crippen LogP contribution in [0.2, 0.25) is 0 Å². The van der Waals surface area contributed by atoms with Crippen molar-refractivity contribution in [3.05, 3.63) is 45.7 Å². The summed E-state index contributed by atoms with van der Waals surface area (Å²) in [5.74, 6) is 0. The Labute approximate surface area is 127 Å². The number of nitrogens with zero attached hydrogens (tertiary/aromatic N) is 2. The van der Waals surface area contributed by atoms with Crippen molar-refractivity contribution in [2.45, 2.75) is 24.3 Å². The average molecular weight is 300 g/mol. The molecule has 0 spiro atoms. The molecule has 0 saturated heterocycles. The number of thioether (sulfide) groups is 1. The maximum absolute atomic E-state index is 12.0. The number of aromatic nitrogens is 2. The molecule has 21 heavy (non-hydrogen) atoms. The van der Waals surface area contributed by atoms with Crippen molar-refractivity contribution in [3.8, 4) is 17.3 Å². The van der Waals surface area contributed by atoms with E-state index in [9.17, 15) is 10.1 Å². The number of nitrogens with two attached hydrogens (primary N) is 1. The molecule has 3 N–H and O–H groups in total. The van der Waals surface area contributed by atoms with Crippen molar-refractivity contribution < 1.29 is 0 Å². The molecule has 0 fully saturated rings. The summed E-state index contributed by atoms with van der Waals surface area (Å²) in [6, 6.07) is 9.50. The van der Waals surface area contributed by atoms with Crippen LogP contribution in [0.4, 0.5) is 0 Å². The zero-order chi connectivity index (χ0) is 15.4. The standard InChI is InChI=1S/C15H16N4OS/c1-9-3-5-11(6-4-9)13-12(8-17)14(20)19-15(18-13)21-10(2)7-16/h3-6,10H,7,16H2,1-2H3,(H,18,19,20). The van der Waals surface area contributed by atoms with Crippen LogP contribution in [0.5, 0.6) is 0 Å². The molecule has 0 aliphatic rings. The van der Waals surface area contributed by atoms with E-state index in [0.717, 1.165) is 11.1 Å². The SMILES string of the molecule is Cc1ccc(-c2nc(SC(C)CN)[nH]c(=O)c2C#N)cc1. The van der Waals surface area contributed by atoms with E-state index in [1.165, 1.54) is 11.8 Å². The number of hydrogen-bond donors (Lipinski definition) is 2. The third-order valence-electron chi connectivity index (χ3n) is 2.98. The van der Waals surface area contributed by atoms with Crippen molar-refractivity contribution in [1.29, 1.82) is 5.26 Å². The van der Waals surface area contributed by atoms with E-state index in [4.69, 9.17) is 5.73 Å². The zero-order valence-corrected chi connectivity index (χ0v) is 12.7. The van der Waals surface area contributed by atoms with Crippen molar-refractivity contribution in [3.63, 3.8) is 0 Å². The Morgan fingerprint density at radius 2 is 2.10 bits per heavy atom. The molecule has 1 atom stereocenters. The number of hydrogen-bond acceptors (Lipinski definition) is 5. The number of aromatic amines is 1. The first kappa shape index (κ1) is 15.3. The van der Waals surface area contributed by atoms with Crippen molar-refractivity contribution in [2.24, 2.45) is 5.73 Å². The fraction of sp³-hybridized carbons (Fsp3) is 0.267. The Bertz CT molecular complexity index is 731. The van der Waals surface area contributed by atoms with Crippen LogP contribution in [-0.2, 0) is 0 Å². The van der Waals surface area contributed by atoms with Crippen LogP contribution in [0, 0.1) is 18.3 Å². The van der Waals surface area contributed by atoms with Crippen LogP contribution < -0.4 is 11.3 Å². The van der Waals surface area contributed by atoms with Crippen LogP contribution in [-0.4, -0.2) is 21.8 Å². The van der Waals surface area contributed by atoms with Crippen LogP contribution in [0.3, 0.4) is 0 Å². The lowest BCUT2D eigenvalue weighted by Gasteiger charge is -2.09. The summed E-state index contributed by atoms with van der Waals surface area (Å²) in [5, 5.41) is 9.81. The largest absolute Gasteiger partial charge is 0.329 e. The second-order valence-corrected chi connectivity index (χ2v) is 6.16. The Hall–Kier alpha value is -2.10. The highest BCUT2D eigenvalue weighted by atomic mass is 32.2. The smallest absolute Gasteiger partial charge is 0.270 e. The number of aryl methyl sites for hydroxylation is 1. The van der Waals surface area contributed by atoms with Gasteiger partial charge in [0, 0.05) is 17.4 Å². The summed E-state index contributed by atoms with van der Waals surface area (Å²) in [6.45, 7) is 4.41. The van der Waals surface area contributed by atoms with E-state index in [2.05, 4.69) is 9.97 Å². The zero-order valence-electron chi connectivity index (χ0n) is 11.9. The quantitative estimate of drug-likeness (QED) is 0.665. The number of rotatable bonds is 4. The van der Waals surface area contributed by atoms with Gasteiger partial charge in [0.15, 0.2) is 5.16 Å². The van der Waals surface area contributed by atoms with Gasteiger partial charge in [-0.2, -0.15) is 5.26 Å². The molecule has 0 saturated carbocycles. The van der Waals surface area contributed by atoms with E-state index < -0.39 is 5.56 Å². The van der Waals surface area contributed by atoms with Crippen LogP contribution in [0.15, 0.2) is 34.2 Å². The molecule has 0 radical (unpaired) electrons. The monoisotopic (exact) mass is 300 g/mol. The Morgan fingerprint density at radius 1 is 1.43 bits per heavy atom. The second kappa shape index (κ2) is 6.57. The van der Waals surface area contributed by atoms with Gasteiger partial charge in [-0.25, -0.2) is 4.98 Å². The van der Waals surface area contributed by atoms with E-state index >= 15 is 0 Å². The van der Waals surface area contributed by atoms with Gasteiger partial charge in [-0.1, -0.05) is 48.5 Å². The minimum absolute atomic E-state index is 0.0311. The molecule has 1 aromatic heterocycles. The topological polar surface area (TPSA) is 95.6 Å². The van der Waals surface area contributed by atoms with Gasteiger partial charge >= 0.3 is 0 Å². The minimum Gasteiger partial charge on any atom is -0.329 e. The lowest BCUT2D eigenvalue weighted by atomic mass is 10.1. The molecule has 0 bridgehead atoms. The normalized spacial score (nSPS) is 11.9. The fourth-order valence-corrected chi connectivity index (χ4v) is 2.54. The Morgan fingerprint density at radius 3 is 2.67 bits per heavy atom. The third-order valence-corrected chi connectivity index (χ3v) is 3.99. The summed E-state index contributed by atoms with van der Waals surface area (Å²) in [5.41, 5.74) is 7.47. The molecule has 1 unspecified atom stereocenters. The third kappa shape index (κ3) is 3.51. The summed E-state index contributed by atoms with van der Waals surface area (Å²) in [6.07, 6.45) is 0. The van der Waals surface area contributed by atoms with E-state index in [-0.39, 0.29) is 10.8 Å². The maximum Gasteiger partial charge on any atom is 0.270 e.